The van der Waals surface area contributed by atoms with Crippen LogP contribution in [0.1, 0.15) is 18.2 Å². The maximum Gasteiger partial charge on any atom is 0.433 e. The third kappa shape index (κ3) is 3.22. The molecule has 0 fully saturated rings. The number of primary amides is 1. The Labute approximate surface area is 90.5 Å². The van der Waals surface area contributed by atoms with E-state index in [0.29, 0.717) is 12.0 Å². The molecule has 1 heterocycles. The van der Waals surface area contributed by atoms with E-state index in [-0.39, 0.29) is 0 Å². The van der Waals surface area contributed by atoms with Gasteiger partial charge < -0.3 is 5.73 Å². The second-order valence-corrected chi connectivity index (χ2v) is 3.56. The molecule has 0 aliphatic rings. The van der Waals surface area contributed by atoms with Crippen LogP contribution in [0, 0.1) is 5.92 Å². The molecule has 1 aromatic heterocycles. The van der Waals surface area contributed by atoms with Crippen LogP contribution in [0.4, 0.5) is 13.2 Å². The van der Waals surface area contributed by atoms with Crippen molar-refractivity contribution in [3.05, 3.63) is 29.6 Å². The minimum atomic E-state index is -4.44. The summed E-state index contributed by atoms with van der Waals surface area (Å²) in [5.74, 6) is -0.904. The number of carbonyl (C=O) groups is 1. The van der Waals surface area contributed by atoms with Gasteiger partial charge in [0, 0.05) is 12.1 Å². The summed E-state index contributed by atoms with van der Waals surface area (Å²) in [6.45, 7) is 1.61. The molecule has 2 N–H and O–H groups in total. The normalized spacial score (nSPS) is 13.5. The first-order chi connectivity index (χ1) is 7.30. The maximum absolute atomic E-state index is 12.2. The summed E-state index contributed by atoms with van der Waals surface area (Å²) in [6.07, 6.45) is -3.03. The lowest BCUT2D eigenvalue weighted by Crippen LogP contribution is -2.22. The lowest BCUT2D eigenvalue weighted by molar-refractivity contribution is -0.141. The van der Waals surface area contributed by atoms with Gasteiger partial charge in [0.2, 0.25) is 5.91 Å². The first kappa shape index (κ1) is 12.5. The minimum Gasteiger partial charge on any atom is -0.369 e. The van der Waals surface area contributed by atoms with E-state index in [1.165, 1.54) is 6.07 Å². The van der Waals surface area contributed by atoms with Gasteiger partial charge in [-0.2, -0.15) is 13.2 Å². The molecule has 0 aliphatic carbocycles. The van der Waals surface area contributed by atoms with E-state index in [2.05, 4.69) is 4.98 Å². The third-order valence-electron chi connectivity index (χ3n) is 2.14. The predicted molar refractivity (Wildman–Crippen MR) is 51.3 cm³/mol. The summed E-state index contributed by atoms with van der Waals surface area (Å²) < 4.78 is 36.5. The molecule has 0 bridgehead atoms. The van der Waals surface area contributed by atoms with E-state index in [0.717, 1.165) is 12.3 Å². The molecule has 1 amide bonds. The van der Waals surface area contributed by atoms with Crippen LogP contribution in [-0.2, 0) is 17.4 Å². The number of pyridine rings is 1. The summed E-state index contributed by atoms with van der Waals surface area (Å²) >= 11 is 0. The highest BCUT2D eigenvalue weighted by molar-refractivity contribution is 5.76. The number of hydrogen-bond donors (Lipinski definition) is 1. The number of alkyl halides is 3. The van der Waals surface area contributed by atoms with Crippen molar-refractivity contribution in [2.24, 2.45) is 11.7 Å². The molecule has 3 nitrogen and oxygen atoms in total. The highest BCUT2D eigenvalue weighted by Crippen LogP contribution is 2.27. The molecule has 0 spiro atoms. The third-order valence-corrected chi connectivity index (χ3v) is 2.14. The fraction of sp³-hybridized carbons (Fsp3) is 0.400. The molecule has 0 saturated heterocycles. The SMILES string of the molecule is C[C@H](Cc1ccc(C(F)(F)F)nc1)C(N)=O. The van der Waals surface area contributed by atoms with Crippen molar-refractivity contribution in [1.29, 1.82) is 0 Å². The lowest BCUT2D eigenvalue weighted by atomic mass is 10.0. The largest absolute Gasteiger partial charge is 0.433 e. The maximum atomic E-state index is 12.2. The van der Waals surface area contributed by atoms with Crippen LogP contribution in [0.2, 0.25) is 0 Å². The number of amides is 1. The molecule has 1 atom stereocenters. The van der Waals surface area contributed by atoms with Crippen molar-refractivity contribution in [3.8, 4) is 0 Å². The molecule has 1 rings (SSSR count). The van der Waals surface area contributed by atoms with Crippen LogP contribution in [-0.4, -0.2) is 10.9 Å². The number of nitrogens with two attached hydrogens (primary N) is 1. The number of nitrogens with zero attached hydrogens (tertiary/aromatic N) is 1. The summed E-state index contributed by atoms with van der Waals surface area (Å²) in [5, 5.41) is 0. The minimum absolute atomic E-state index is 0.292. The molecule has 88 valence electrons. The molecule has 0 unspecified atom stereocenters. The van der Waals surface area contributed by atoms with Crippen LogP contribution in [0.15, 0.2) is 18.3 Å². The average Bonchev–Trinajstić information content (AvgIpc) is 2.17. The number of hydrogen-bond acceptors (Lipinski definition) is 2. The van der Waals surface area contributed by atoms with Crippen molar-refractivity contribution in [1.82, 2.24) is 4.98 Å². The number of carbonyl (C=O) groups excluding carboxylic acids is 1. The molecule has 0 saturated carbocycles. The van der Waals surface area contributed by atoms with Gasteiger partial charge in [-0.15, -0.1) is 0 Å². The van der Waals surface area contributed by atoms with E-state index in [4.69, 9.17) is 5.73 Å². The summed E-state index contributed by atoms with van der Waals surface area (Å²) in [6, 6.07) is 2.19. The molecule has 0 aliphatic heterocycles. The lowest BCUT2D eigenvalue weighted by Gasteiger charge is -2.08. The summed E-state index contributed by atoms with van der Waals surface area (Å²) in [7, 11) is 0. The average molecular weight is 232 g/mol. The van der Waals surface area contributed by atoms with Gasteiger partial charge in [-0.3, -0.25) is 9.78 Å². The monoisotopic (exact) mass is 232 g/mol. The Kier molecular flexibility index (Phi) is 3.51. The van der Waals surface area contributed by atoms with Gasteiger partial charge in [0.15, 0.2) is 0 Å². The zero-order valence-electron chi connectivity index (χ0n) is 8.58. The Balaban J connectivity index is 2.76. The quantitative estimate of drug-likeness (QED) is 0.863. The Bertz CT molecular complexity index is 373. The van der Waals surface area contributed by atoms with Gasteiger partial charge in [-0.05, 0) is 18.1 Å². The molecular formula is C10H11F3N2O. The summed E-state index contributed by atoms with van der Waals surface area (Å²) in [4.78, 5) is 14.0. The fourth-order valence-electron chi connectivity index (χ4n) is 1.17. The number of rotatable bonds is 3. The van der Waals surface area contributed by atoms with Crippen molar-refractivity contribution in [2.75, 3.05) is 0 Å². The van der Waals surface area contributed by atoms with E-state index in [1.807, 2.05) is 0 Å². The van der Waals surface area contributed by atoms with Gasteiger partial charge in [-0.1, -0.05) is 13.0 Å². The molecular weight excluding hydrogens is 221 g/mol. The highest BCUT2D eigenvalue weighted by atomic mass is 19.4. The van der Waals surface area contributed by atoms with Gasteiger partial charge in [-0.25, -0.2) is 0 Å². The predicted octanol–water partition coefficient (Wildman–Crippen LogP) is 1.76. The van der Waals surface area contributed by atoms with Gasteiger partial charge >= 0.3 is 6.18 Å². The zero-order chi connectivity index (χ0) is 12.3. The van der Waals surface area contributed by atoms with Crippen molar-refractivity contribution >= 4 is 5.91 Å². The van der Waals surface area contributed by atoms with Crippen LogP contribution in [0.5, 0.6) is 0 Å². The van der Waals surface area contributed by atoms with Gasteiger partial charge in [0.1, 0.15) is 5.69 Å². The van der Waals surface area contributed by atoms with Gasteiger partial charge in [0.25, 0.3) is 0 Å². The van der Waals surface area contributed by atoms with Crippen LogP contribution >= 0.6 is 0 Å². The smallest absolute Gasteiger partial charge is 0.369 e. The van der Waals surface area contributed by atoms with Crippen LogP contribution < -0.4 is 5.73 Å². The first-order valence-corrected chi connectivity index (χ1v) is 4.62. The number of aromatic nitrogens is 1. The van der Waals surface area contributed by atoms with Crippen LogP contribution in [0.3, 0.4) is 0 Å². The van der Waals surface area contributed by atoms with E-state index in [1.54, 1.807) is 6.92 Å². The van der Waals surface area contributed by atoms with Crippen molar-refractivity contribution in [2.45, 2.75) is 19.5 Å². The second kappa shape index (κ2) is 4.51. The first-order valence-electron chi connectivity index (χ1n) is 4.62. The Hall–Kier alpha value is -1.59. The van der Waals surface area contributed by atoms with Crippen LogP contribution in [0.25, 0.3) is 0 Å². The molecule has 1 aromatic rings. The number of halogens is 3. The van der Waals surface area contributed by atoms with E-state index >= 15 is 0 Å². The molecule has 16 heavy (non-hydrogen) atoms. The Morgan fingerprint density at radius 2 is 2.12 bits per heavy atom. The Morgan fingerprint density at radius 1 is 1.50 bits per heavy atom. The topological polar surface area (TPSA) is 56.0 Å². The standard InChI is InChI=1S/C10H11F3N2O/c1-6(9(14)16)4-7-2-3-8(15-5-7)10(11,12)13/h2-3,5-6H,4H2,1H3,(H2,14,16)/t6-/m1/s1. The Morgan fingerprint density at radius 3 is 2.50 bits per heavy atom. The van der Waals surface area contributed by atoms with Crippen molar-refractivity contribution < 1.29 is 18.0 Å². The van der Waals surface area contributed by atoms with E-state index in [9.17, 15) is 18.0 Å². The summed E-state index contributed by atoms with van der Waals surface area (Å²) in [5.41, 5.74) is 4.66. The van der Waals surface area contributed by atoms with E-state index < -0.39 is 23.7 Å². The second-order valence-electron chi connectivity index (χ2n) is 3.56. The zero-order valence-corrected chi connectivity index (χ0v) is 8.58. The van der Waals surface area contributed by atoms with Gasteiger partial charge in [0.05, 0.1) is 0 Å². The molecule has 6 heteroatoms. The highest BCUT2D eigenvalue weighted by Gasteiger charge is 2.32. The van der Waals surface area contributed by atoms with Crippen molar-refractivity contribution in [3.63, 3.8) is 0 Å². The fourth-order valence-corrected chi connectivity index (χ4v) is 1.17. The molecule has 0 aromatic carbocycles. The molecule has 0 radical (unpaired) electrons.